The van der Waals surface area contributed by atoms with E-state index in [1.54, 1.807) is 24.4 Å². The van der Waals surface area contributed by atoms with Crippen molar-refractivity contribution in [1.29, 1.82) is 0 Å². The lowest BCUT2D eigenvalue weighted by Gasteiger charge is -2.29. The van der Waals surface area contributed by atoms with Crippen molar-refractivity contribution < 1.29 is 14.3 Å². The van der Waals surface area contributed by atoms with E-state index in [9.17, 15) is 9.59 Å². The molecule has 0 spiro atoms. The zero-order chi connectivity index (χ0) is 17.8. The van der Waals surface area contributed by atoms with E-state index in [0.29, 0.717) is 30.2 Å². The first-order chi connectivity index (χ1) is 12.0. The molecule has 1 saturated heterocycles. The Kier molecular flexibility index (Phi) is 5.18. The van der Waals surface area contributed by atoms with Gasteiger partial charge in [0.25, 0.3) is 5.91 Å². The third kappa shape index (κ3) is 4.27. The van der Waals surface area contributed by atoms with Crippen molar-refractivity contribution in [2.75, 3.05) is 26.0 Å². The molecule has 1 aliphatic heterocycles. The van der Waals surface area contributed by atoms with Gasteiger partial charge in [-0.2, -0.15) is 0 Å². The largest absolute Gasteiger partial charge is 0.497 e. The summed E-state index contributed by atoms with van der Waals surface area (Å²) in [4.78, 5) is 29.8. The zero-order valence-electron chi connectivity index (χ0n) is 14.1. The third-order valence-electron chi connectivity index (χ3n) is 4.04. The Morgan fingerprint density at radius 1 is 1.36 bits per heavy atom. The van der Waals surface area contributed by atoms with Crippen LogP contribution in [0.15, 0.2) is 29.6 Å². The van der Waals surface area contributed by atoms with Crippen LogP contribution in [0.3, 0.4) is 0 Å². The number of nitrogens with one attached hydrogen (secondary N) is 2. The van der Waals surface area contributed by atoms with Gasteiger partial charge in [0, 0.05) is 37.1 Å². The van der Waals surface area contributed by atoms with Gasteiger partial charge < -0.3 is 20.3 Å². The first-order valence-electron chi connectivity index (χ1n) is 7.96. The van der Waals surface area contributed by atoms with Crippen LogP contribution in [0.2, 0.25) is 0 Å². The van der Waals surface area contributed by atoms with Crippen molar-refractivity contribution in [2.24, 2.45) is 0 Å². The van der Waals surface area contributed by atoms with E-state index in [0.717, 1.165) is 11.4 Å². The van der Waals surface area contributed by atoms with Gasteiger partial charge in [-0.15, -0.1) is 11.3 Å². The second kappa shape index (κ2) is 7.52. The molecule has 8 heteroatoms. The average Bonchev–Trinajstić information content (AvgIpc) is 3.07. The highest BCUT2D eigenvalue weighted by atomic mass is 32.1. The van der Waals surface area contributed by atoms with Crippen molar-refractivity contribution in [3.63, 3.8) is 0 Å². The van der Waals surface area contributed by atoms with Crippen molar-refractivity contribution in [3.8, 4) is 5.75 Å². The molecule has 0 saturated carbocycles. The summed E-state index contributed by atoms with van der Waals surface area (Å²) in [5, 5.41) is 8.48. The normalized spacial score (nSPS) is 17.3. The smallest absolute Gasteiger partial charge is 0.271 e. The molecule has 1 aliphatic rings. The number of rotatable bonds is 5. The van der Waals surface area contributed by atoms with Crippen LogP contribution < -0.4 is 15.4 Å². The fourth-order valence-electron chi connectivity index (χ4n) is 2.62. The van der Waals surface area contributed by atoms with Crippen LogP contribution in [0.25, 0.3) is 0 Å². The highest BCUT2D eigenvalue weighted by Gasteiger charge is 2.25. The molecule has 0 bridgehead atoms. The molecule has 132 valence electrons. The van der Waals surface area contributed by atoms with E-state index < -0.39 is 0 Å². The molecule has 25 heavy (non-hydrogen) atoms. The van der Waals surface area contributed by atoms with Gasteiger partial charge in [0.05, 0.1) is 7.11 Å². The number of piperidine rings is 1. The number of benzene rings is 1. The monoisotopic (exact) mass is 360 g/mol. The Morgan fingerprint density at radius 3 is 2.80 bits per heavy atom. The van der Waals surface area contributed by atoms with Gasteiger partial charge in [-0.1, -0.05) is 0 Å². The minimum atomic E-state index is -0.216. The molecule has 0 aliphatic carbocycles. The SMILES string of the molecule is COc1ccc(Nc2nc(C(=O)NC3CCC(=O)N(C)C3)cs2)cc1. The fourth-order valence-corrected chi connectivity index (χ4v) is 3.33. The number of ether oxygens (including phenoxy) is 1. The number of thiazole rings is 1. The van der Waals surface area contributed by atoms with Crippen LogP contribution in [0.5, 0.6) is 5.75 Å². The maximum Gasteiger partial charge on any atom is 0.271 e. The lowest BCUT2D eigenvalue weighted by molar-refractivity contribution is -0.132. The number of carbonyl (C=O) groups is 2. The number of amides is 2. The molecular weight excluding hydrogens is 340 g/mol. The molecule has 1 atom stereocenters. The second-order valence-corrected chi connectivity index (χ2v) is 6.73. The lowest BCUT2D eigenvalue weighted by Crippen LogP contribution is -2.48. The average molecular weight is 360 g/mol. The van der Waals surface area contributed by atoms with Crippen LogP contribution in [0, 0.1) is 0 Å². The number of likely N-dealkylation sites (tertiary alicyclic amines) is 1. The van der Waals surface area contributed by atoms with E-state index in [1.165, 1.54) is 11.3 Å². The van der Waals surface area contributed by atoms with Crippen molar-refractivity contribution >= 4 is 34.0 Å². The predicted octanol–water partition coefficient (Wildman–Crippen LogP) is 2.25. The molecule has 0 radical (unpaired) electrons. The van der Waals surface area contributed by atoms with E-state index in [1.807, 2.05) is 24.3 Å². The third-order valence-corrected chi connectivity index (χ3v) is 4.80. The molecule has 2 heterocycles. The van der Waals surface area contributed by atoms with Gasteiger partial charge in [-0.05, 0) is 30.7 Å². The molecule has 2 aromatic rings. The van der Waals surface area contributed by atoms with Gasteiger partial charge in [0.2, 0.25) is 5.91 Å². The van der Waals surface area contributed by atoms with Crippen LogP contribution in [-0.4, -0.2) is 48.4 Å². The van der Waals surface area contributed by atoms with Crippen molar-refractivity contribution in [1.82, 2.24) is 15.2 Å². The Morgan fingerprint density at radius 2 is 2.12 bits per heavy atom. The van der Waals surface area contributed by atoms with Crippen LogP contribution in [0.4, 0.5) is 10.8 Å². The number of methoxy groups -OCH3 is 1. The first-order valence-corrected chi connectivity index (χ1v) is 8.84. The van der Waals surface area contributed by atoms with Crippen LogP contribution in [0.1, 0.15) is 23.3 Å². The summed E-state index contributed by atoms with van der Waals surface area (Å²) in [6.07, 6.45) is 1.12. The van der Waals surface area contributed by atoms with Gasteiger partial charge in [0.15, 0.2) is 5.13 Å². The minimum absolute atomic E-state index is 0.0325. The molecule has 1 unspecified atom stereocenters. The minimum Gasteiger partial charge on any atom is -0.497 e. The van der Waals surface area contributed by atoms with E-state index in [-0.39, 0.29) is 17.9 Å². The summed E-state index contributed by atoms with van der Waals surface area (Å²) in [7, 11) is 3.37. The number of carbonyl (C=O) groups excluding carboxylic acids is 2. The summed E-state index contributed by atoms with van der Waals surface area (Å²) in [5.74, 6) is 0.678. The first kappa shape index (κ1) is 17.2. The number of nitrogens with zero attached hydrogens (tertiary/aromatic N) is 2. The van der Waals surface area contributed by atoms with Crippen LogP contribution >= 0.6 is 11.3 Å². The summed E-state index contributed by atoms with van der Waals surface area (Å²) < 4.78 is 5.12. The summed E-state index contributed by atoms with van der Waals surface area (Å²) in [5.41, 5.74) is 1.25. The van der Waals surface area contributed by atoms with Crippen LogP contribution in [-0.2, 0) is 4.79 Å². The summed E-state index contributed by atoms with van der Waals surface area (Å²) in [6, 6.07) is 7.44. The maximum absolute atomic E-state index is 12.3. The lowest BCUT2D eigenvalue weighted by atomic mass is 10.1. The number of likely N-dealkylation sites (N-methyl/N-ethyl adjacent to an activating group) is 1. The van der Waals surface area contributed by atoms with E-state index in [2.05, 4.69) is 15.6 Å². The molecule has 2 N–H and O–H groups in total. The highest BCUT2D eigenvalue weighted by molar-refractivity contribution is 7.14. The van der Waals surface area contributed by atoms with E-state index >= 15 is 0 Å². The van der Waals surface area contributed by atoms with Crippen molar-refractivity contribution in [2.45, 2.75) is 18.9 Å². The zero-order valence-corrected chi connectivity index (χ0v) is 14.9. The Hall–Kier alpha value is -2.61. The molecule has 2 amide bonds. The fraction of sp³-hybridized carbons (Fsp3) is 0.353. The quantitative estimate of drug-likeness (QED) is 0.854. The predicted molar refractivity (Wildman–Crippen MR) is 96.5 cm³/mol. The molecular formula is C17H20N4O3S. The van der Waals surface area contributed by atoms with Gasteiger partial charge in [0.1, 0.15) is 11.4 Å². The molecule has 1 fully saturated rings. The van der Waals surface area contributed by atoms with Gasteiger partial charge in [-0.25, -0.2) is 4.98 Å². The molecule has 1 aromatic carbocycles. The topological polar surface area (TPSA) is 83.6 Å². The summed E-state index contributed by atoms with van der Waals surface area (Å²) in [6.45, 7) is 0.533. The Bertz CT molecular complexity index is 760. The molecule has 3 rings (SSSR count). The maximum atomic E-state index is 12.3. The summed E-state index contributed by atoms with van der Waals surface area (Å²) >= 11 is 1.37. The number of aromatic nitrogens is 1. The highest BCUT2D eigenvalue weighted by Crippen LogP contribution is 2.23. The number of hydrogen-bond acceptors (Lipinski definition) is 6. The standard InChI is InChI=1S/C17H20N4O3S/c1-21-9-12(5-8-15(21)22)18-16(23)14-10-25-17(20-14)19-11-3-6-13(24-2)7-4-11/h3-4,6-7,10,12H,5,8-9H2,1-2H3,(H,18,23)(H,19,20). The van der Waals surface area contributed by atoms with Crippen molar-refractivity contribution in [3.05, 3.63) is 35.3 Å². The van der Waals surface area contributed by atoms with Gasteiger partial charge >= 0.3 is 0 Å². The van der Waals surface area contributed by atoms with Gasteiger partial charge in [-0.3, -0.25) is 9.59 Å². The Balaban J connectivity index is 1.58. The number of anilines is 2. The number of hydrogen-bond donors (Lipinski definition) is 2. The van der Waals surface area contributed by atoms with E-state index in [4.69, 9.17) is 4.74 Å². The molecule has 1 aromatic heterocycles. The molecule has 7 nitrogen and oxygen atoms in total. The second-order valence-electron chi connectivity index (χ2n) is 5.87. The Labute approximate surface area is 150 Å².